The van der Waals surface area contributed by atoms with Crippen molar-refractivity contribution in [1.82, 2.24) is 9.88 Å². The molecule has 0 spiro atoms. The highest BCUT2D eigenvalue weighted by Crippen LogP contribution is 2.36. The average Bonchev–Trinajstić information content (AvgIpc) is 3.18. The number of carboxylic acid groups (broad SMARTS) is 1. The van der Waals surface area contributed by atoms with Crippen LogP contribution in [0.5, 0.6) is 0 Å². The van der Waals surface area contributed by atoms with E-state index in [1.54, 1.807) is 21.7 Å². The minimum atomic E-state index is -0.855. The van der Waals surface area contributed by atoms with Gasteiger partial charge in [0.15, 0.2) is 0 Å². The molecular formula is C15H16N2O3S2. The third-order valence-electron chi connectivity index (χ3n) is 3.96. The van der Waals surface area contributed by atoms with Crippen molar-refractivity contribution >= 4 is 34.6 Å². The first-order valence-corrected chi connectivity index (χ1v) is 8.92. The van der Waals surface area contributed by atoms with Gasteiger partial charge in [-0.3, -0.25) is 9.59 Å². The van der Waals surface area contributed by atoms with Gasteiger partial charge >= 0.3 is 5.97 Å². The van der Waals surface area contributed by atoms with E-state index in [0.29, 0.717) is 25.1 Å². The molecule has 7 heteroatoms. The molecule has 0 unspecified atom stereocenters. The Hall–Kier alpha value is -1.73. The van der Waals surface area contributed by atoms with Crippen LogP contribution in [-0.2, 0) is 16.0 Å². The van der Waals surface area contributed by atoms with Crippen LogP contribution in [0.15, 0.2) is 28.4 Å². The van der Waals surface area contributed by atoms with E-state index in [-0.39, 0.29) is 5.91 Å². The first-order valence-electron chi connectivity index (χ1n) is 7.09. The van der Waals surface area contributed by atoms with Crippen LogP contribution < -0.4 is 0 Å². The summed E-state index contributed by atoms with van der Waals surface area (Å²) in [5.74, 6) is -1.41. The summed E-state index contributed by atoms with van der Waals surface area (Å²) in [6.45, 7) is 0.533. The Morgan fingerprint density at radius 3 is 3.00 bits per heavy atom. The topological polar surface area (TPSA) is 70.5 Å². The van der Waals surface area contributed by atoms with Crippen molar-refractivity contribution in [3.8, 4) is 0 Å². The lowest BCUT2D eigenvalue weighted by atomic mass is 9.87. The largest absolute Gasteiger partial charge is 0.481 e. The van der Waals surface area contributed by atoms with Crippen LogP contribution >= 0.6 is 22.7 Å². The Bertz CT molecular complexity index is 640. The van der Waals surface area contributed by atoms with Crippen LogP contribution in [-0.4, -0.2) is 33.4 Å². The highest BCUT2D eigenvalue weighted by Gasteiger charge is 2.41. The minimum Gasteiger partial charge on any atom is -0.481 e. The SMILES string of the molecule is O=C(O)[C@@H]1CCC(=O)N(CCc2cccs2)[C@@H]1c1cscn1. The predicted octanol–water partition coefficient (Wildman–Crippen LogP) is 2.81. The van der Waals surface area contributed by atoms with E-state index in [9.17, 15) is 14.7 Å². The average molecular weight is 336 g/mol. The molecule has 1 N–H and O–H groups in total. The summed E-state index contributed by atoms with van der Waals surface area (Å²) in [7, 11) is 0. The van der Waals surface area contributed by atoms with E-state index in [1.807, 2.05) is 22.9 Å². The number of carbonyl (C=O) groups is 2. The molecule has 1 saturated heterocycles. The van der Waals surface area contributed by atoms with Crippen molar-refractivity contribution in [3.05, 3.63) is 39.0 Å². The zero-order valence-corrected chi connectivity index (χ0v) is 13.5. The van der Waals surface area contributed by atoms with Crippen LogP contribution in [0, 0.1) is 5.92 Å². The molecule has 2 atom stereocenters. The molecule has 1 fully saturated rings. The molecule has 1 aliphatic heterocycles. The van der Waals surface area contributed by atoms with Crippen LogP contribution in [0.2, 0.25) is 0 Å². The van der Waals surface area contributed by atoms with Crippen LogP contribution in [0.3, 0.4) is 0 Å². The molecule has 2 aromatic heterocycles. The maximum Gasteiger partial charge on any atom is 0.309 e. The summed E-state index contributed by atoms with van der Waals surface area (Å²) in [4.78, 5) is 31.1. The van der Waals surface area contributed by atoms with Gasteiger partial charge in [0.05, 0.1) is 23.2 Å². The van der Waals surface area contributed by atoms with Gasteiger partial charge in [-0.15, -0.1) is 22.7 Å². The lowest BCUT2D eigenvalue weighted by molar-refractivity contribution is -0.152. The predicted molar refractivity (Wildman–Crippen MR) is 85.0 cm³/mol. The Labute approximate surface area is 136 Å². The molecule has 2 aromatic rings. The van der Waals surface area contributed by atoms with Gasteiger partial charge < -0.3 is 10.0 Å². The fraction of sp³-hybridized carbons (Fsp3) is 0.400. The standard InChI is InChI=1S/C15H16N2O3S2/c18-13-4-3-11(15(19)20)14(12-8-21-9-16-12)17(13)6-5-10-2-1-7-22-10/h1-2,7-9,11,14H,3-6H2,(H,19,20)/t11-,14+/m1/s1. The van der Waals surface area contributed by atoms with Crippen molar-refractivity contribution in [3.63, 3.8) is 0 Å². The molecule has 1 amide bonds. The van der Waals surface area contributed by atoms with E-state index in [1.165, 1.54) is 16.2 Å². The Kier molecular flexibility index (Phi) is 4.54. The molecule has 0 saturated carbocycles. The number of likely N-dealkylation sites (tertiary alicyclic amines) is 1. The zero-order chi connectivity index (χ0) is 15.5. The maximum atomic E-state index is 12.3. The summed E-state index contributed by atoms with van der Waals surface area (Å²) in [5.41, 5.74) is 2.38. The fourth-order valence-corrected chi connectivity index (χ4v) is 4.18. The van der Waals surface area contributed by atoms with Gasteiger partial charge in [-0.1, -0.05) is 6.07 Å². The van der Waals surface area contributed by atoms with Gasteiger partial charge in [0, 0.05) is 23.2 Å². The first kappa shape index (κ1) is 15.2. The summed E-state index contributed by atoms with van der Waals surface area (Å²) < 4.78 is 0. The normalized spacial score (nSPS) is 22.0. The minimum absolute atomic E-state index is 0.0204. The molecular weight excluding hydrogens is 320 g/mol. The molecule has 0 aliphatic carbocycles. The Morgan fingerprint density at radius 1 is 1.50 bits per heavy atom. The Morgan fingerprint density at radius 2 is 2.36 bits per heavy atom. The van der Waals surface area contributed by atoms with Gasteiger partial charge in [0.1, 0.15) is 0 Å². The quantitative estimate of drug-likeness (QED) is 0.911. The third-order valence-corrected chi connectivity index (χ3v) is 5.50. The zero-order valence-electron chi connectivity index (χ0n) is 11.8. The number of aliphatic carboxylic acids is 1. The molecule has 22 heavy (non-hydrogen) atoms. The number of rotatable bonds is 5. The summed E-state index contributed by atoms with van der Waals surface area (Å²) >= 11 is 3.08. The number of nitrogens with zero attached hydrogens (tertiary/aromatic N) is 2. The van der Waals surface area contributed by atoms with Gasteiger partial charge in [0.25, 0.3) is 0 Å². The number of carbonyl (C=O) groups excluding carboxylic acids is 1. The second-order valence-corrected chi connectivity index (χ2v) is 7.01. The highest BCUT2D eigenvalue weighted by atomic mass is 32.1. The van der Waals surface area contributed by atoms with Gasteiger partial charge in [-0.2, -0.15) is 0 Å². The summed E-state index contributed by atoms with van der Waals surface area (Å²) in [6.07, 6.45) is 1.42. The number of piperidine rings is 1. The fourth-order valence-electron chi connectivity index (χ4n) is 2.89. The number of thiazole rings is 1. The van der Waals surface area contributed by atoms with E-state index in [0.717, 1.165) is 6.42 Å². The van der Waals surface area contributed by atoms with Crippen molar-refractivity contribution in [2.24, 2.45) is 5.92 Å². The first-order chi connectivity index (χ1) is 10.7. The summed E-state index contributed by atoms with van der Waals surface area (Å²) in [6, 6.07) is 3.56. The number of thiophene rings is 1. The van der Waals surface area contributed by atoms with Crippen molar-refractivity contribution < 1.29 is 14.7 Å². The van der Waals surface area contributed by atoms with E-state index >= 15 is 0 Å². The maximum absolute atomic E-state index is 12.3. The second-order valence-electron chi connectivity index (χ2n) is 5.26. The number of hydrogen-bond acceptors (Lipinski definition) is 5. The molecule has 1 aliphatic rings. The third kappa shape index (κ3) is 3.05. The molecule has 116 valence electrons. The van der Waals surface area contributed by atoms with Crippen molar-refractivity contribution in [1.29, 1.82) is 0 Å². The second kappa shape index (κ2) is 6.58. The van der Waals surface area contributed by atoms with Gasteiger partial charge in [-0.25, -0.2) is 4.98 Å². The number of amides is 1. The molecule has 5 nitrogen and oxygen atoms in total. The van der Waals surface area contributed by atoms with Crippen LogP contribution in [0.1, 0.15) is 29.5 Å². The van der Waals surface area contributed by atoms with Crippen molar-refractivity contribution in [2.45, 2.75) is 25.3 Å². The van der Waals surface area contributed by atoms with Gasteiger partial charge in [-0.05, 0) is 24.3 Å². The Balaban J connectivity index is 1.85. The number of aromatic nitrogens is 1. The molecule has 0 radical (unpaired) electrons. The van der Waals surface area contributed by atoms with Crippen molar-refractivity contribution in [2.75, 3.05) is 6.54 Å². The lowest BCUT2D eigenvalue weighted by Gasteiger charge is -2.38. The summed E-state index contributed by atoms with van der Waals surface area (Å²) in [5, 5.41) is 13.4. The van der Waals surface area contributed by atoms with E-state index in [4.69, 9.17) is 0 Å². The highest BCUT2D eigenvalue weighted by molar-refractivity contribution is 7.09. The number of carboxylic acids is 1. The molecule has 3 heterocycles. The monoisotopic (exact) mass is 336 g/mol. The smallest absolute Gasteiger partial charge is 0.309 e. The number of hydrogen-bond donors (Lipinski definition) is 1. The van der Waals surface area contributed by atoms with E-state index < -0.39 is 17.9 Å². The van der Waals surface area contributed by atoms with Crippen LogP contribution in [0.25, 0.3) is 0 Å². The lowest BCUT2D eigenvalue weighted by Crippen LogP contribution is -2.46. The molecule has 0 aromatic carbocycles. The molecule has 3 rings (SSSR count). The molecule has 0 bridgehead atoms. The van der Waals surface area contributed by atoms with Gasteiger partial charge in [0.2, 0.25) is 5.91 Å². The van der Waals surface area contributed by atoms with E-state index in [2.05, 4.69) is 4.98 Å². The van der Waals surface area contributed by atoms with Crippen LogP contribution in [0.4, 0.5) is 0 Å².